The van der Waals surface area contributed by atoms with Crippen molar-refractivity contribution in [2.24, 2.45) is 5.73 Å². The predicted octanol–water partition coefficient (Wildman–Crippen LogP) is 1.35. The van der Waals surface area contributed by atoms with Gasteiger partial charge in [-0.3, -0.25) is 4.79 Å². The third kappa shape index (κ3) is 6.89. The Labute approximate surface area is 85.1 Å². The first kappa shape index (κ1) is 11.5. The Morgan fingerprint density at radius 2 is 2.45 bits per heavy atom. The number of carbonyl (C=O) groups excluding carboxylic acids is 1. The number of primary amides is 1. The topological polar surface area (TPSA) is 52.3 Å². The van der Waals surface area contributed by atoms with Crippen LogP contribution >= 0.6 is 34.8 Å². The Hall–Kier alpha value is 0.510. The van der Waals surface area contributed by atoms with Crippen molar-refractivity contribution >= 4 is 40.7 Å². The zero-order valence-corrected chi connectivity index (χ0v) is 9.35. The zero-order chi connectivity index (χ0) is 8.69. The van der Waals surface area contributed by atoms with E-state index in [0.29, 0.717) is 6.42 Å². The lowest BCUT2D eigenvalue weighted by Crippen LogP contribution is -2.22. The lowest BCUT2D eigenvalue weighted by Gasteiger charge is -2.09. The molecule has 0 aliphatic carbocycles. The molecular weight excluding hydrogens is 277 g/mol. The predicted molar refractivity (Wildman–Crippen MR) is 55.7 cm³/mol. The molecule has 3 nitrogen and oxygen atoms in total. The van der Waals surface area contributed by atoms with Crippen LogP contribution in [-0.2, 0) is 7.86 Å². The molecule has 1 amide bonds. The molecular formula is C6H12INO2S. The average Bonchev–Trinajstić information content (AvgIpc) is 1.97. The van der Waals surface area contributed by atoms with E-state index in [9.17, 15) is 4.79 Å². The van der Waals surface area contributed by atoms with Crippen LogP contribution in [0.1, 0.15) is 13.3 Å². The molecule has 0 saturated heterocycles. The SMILES string of the molecule is CCSC[C@@H](CC(N)=O)OI. The quantitative estimate of drug-likeness (QED) is 0.751. The average molecular weight is 289 g/mol. The number of hydrogen-bond donors (Lipinski definition) is 1. The van der Waals surface area contributed by atoms with E-state index in [1.807, 2.05) is 0 Å². The maximum Gasteiger partial charge on any atom is 0.220 e. The van der Waals surface area contributed by atoms with Crippen molar-refractivity contribution in [2.45, 2.75) is 19.4 Å². The summed E-state index contributed by atoms with van der Waals surface area (Å²) >= 11 is 3.55. The summed E-state index contributed by atoms with van der Waals surface area (Å²) in [6.45, 7) is 2.07. The van der Waals surface area contributed by atoms with Gasteiger partial charge in [-0.25, -0.2) is 0 Å². The summed E-state index contributed by atoms with van der Waals surface area (Å²) in [5.41, 5.74) is 5.01. The monoisotopic (exact) mass is 289 g/mol. The minimum absolute atomic E-state index is 0.0296. The van der Waals surface area contributed by atoms with Gasteiger partial charge in [-0.1, -0.05) is 6.92 Å². The highest BCUT2D eigenvalue weighted by atomic mass is 127. The lowest BCUT2D eigenvalue weighted by atomic mass is 10.3. The van der Waals surface area contributed by atoms with Crippen molar-refractivity contribution in [2.75, 3.05) is 11.5 Å². The minimum Gasteiger partial charge on any atom is -0.370 e. The number of carbonyl (C=O) groups is 1. The highest BCUT2D eigenvalue weighted by molar-refractivity contribution is 14.1. The second kappa shape index (κ2) is 7.17. The lowest BCUT2D eigenvalue weighted by molar-refractivity contribution is -0.119. The summed E-state index contributed by atoms with van der Waals surface area (Å²) in [4.78, 5) is 10.5. The normalized spacial score (nSPS) is 12.9. The van der Waals surface area contributed by atoms with Crippen LogP contribution in [0.4, 0.5) is 0 Å². The molecule has 0 bridgehead atoms. The van der Waals surface area contributed by atoms with E-state index in [4.69, 9.17) is 8.80 Å². The van der Waals surface area contributed by atoms with Gasteiger partial charge in [0, 0.05) is 5.75 Å². The Morgan fingerprint density at radius 3 is 2.82 bits per heavy atom. The molecule has 1 atom stereocenters. The number of halogens is 1. The van der Waals surface area contributed by atoms with Crippen molar-refractivity contribution in [3.63, 3.8) is 0 Å². The molecule has 0 aromatic heterocycles. The summed E-state index contributed by atoms with van der Waals surface area (Å²) in [5, 5.41) is 0. The van der Waals surface area contributed by atoms with Gasteiger partial charge in [0.15, 0.2) is 0 Å². The van der Waals surface area contributed by atoms with E-state index in [1.165, 1.54) is 0 Å². The molecule has 0 aromatic rings. The van der Waals surface area contributed by atoms with Gasteiger partial charge < -0.3 is 8.80 Å². The van der Waals surface area contributed by atoms with Crippen LogP contribution in [0.2, 0.25) is 0 Å². The fourth-order valence-corrected chi connectivity index (χ4v) is 1.88. The standard InChI is InChI=1S/C6H12INO2S/c1-2-11-4-5(10-7)3-6(8)9/h5H,2-4H2,1H3,(H2,8,9)/t5-/m1/s1. The third-order valence-electron chi connectivity index (χ3n) is 1.06. The number of rotatable bonds is 6. The molecule has 11 heavy (non-hydrogen) atoms. The maximum absolute atomic E-state index is 10.5. The van der Waals surface area contributed by atoms with Crippen LogP contribution in [0.15, 0.2) is 0 Å². The van der Waals surface area contributed by atoms with Crippen molar-refractivity contribution in [1.29, 1.82) is 0 Å². The molecule has 0 saturated carbocycles. The molecule has 0 heterocycles. The summed E-state index contributed by atoms with van der Waals surface area (Å²) in [5.74, 6) is 1.57. The van der Waals surface area contributed by atoms with Crippen LogP contribution in [0, 0.1) is 0 Å². The van der Waals surface area contributed by atoms with Crippen LogP contribution < -0.4 is 5.73 Å². The van der Waals surface area contributed by atoms with Gasteiger partial charge in [0.05, 0.1) is 12.5 Å². The Balaban J connectivity index is 3.49. The molecule has 0 rings (SSSR count). The van der Waals surface area contributed by atoms with E-state index >= 15 is 0 Å². The van der Waals surface area contributed by atoms with Crippen molar-refractivity contribution < 1.29 is 7.86 Å². The van der Waals surface area contributed by atoms with Crippen molar-refractivity contribution in [3.05, 3.63) is 0 Å². The molecule has 0 aliphatic rings. The smallest absolute Gasteiger partial charge is 0.220 e. The van der Waals surface area contributed by atoms with Gasteiger partial charge in [0.25, 0.3) is 0 Å². The molecule has 0 aromatic carbocycles. The van der Waals surface area contributed by atoms with Crippen LogP contribution in [0.5, 0.6) is 0 Å². The number of thioether (sulfide) groups is 1. The van der Waals surface area contributed by atoms with Gasteiger partial charge in [-0.15, -0.1) is 0 Å². The maximum atomic E-state index is 10.5. The molecule has 66 valence electrons. The third-order valence-corrected chi connectivity index (χ3v) is 2.80. The van der Waals surface area contributed by atoms with Gasteiger partial charge in [0.1, 0.15) is 23.0 Å². The summed E-state index contributed by atoms with van der Waals surface area (Å²) in [6.07, 6.45) is 0.286. The molecule has 0 radical (unpaired) electrons. The molecule has 2 N–H and O–H groups in total. The molecule has 0 spiro atoms. The summed E-state index contributed by atoms with van der Waals surface area (Å²) < 4.78 is 5.01. The fourth-order valence-electron chi connectivity index (χ4n) is 0.590. The second-order valence-electron chi connectivity index (χ2n) is 2.04. The fraction of sp³-hybridized carbons (Fsp3) is 0.833. The van der Waals surface area contributed by atoms with Crippen LogP contribution in [0.25, 0.3) is 0 Å². The molecule has 5 heteroatoms. The van der Waals surface area contributed by atoms with Crippen molar-refractivity contribution in [3.8, 4) is 0 Å². The second-order valence-corrected chi connectivity index (χ2v) is 3.87. The van der Waals surface area contributed by atoms with E-state index in [-0.39, 0.29) is 12.0 Å². The first-order chi connectivity index (χ1) is 5.20. The number of hydrogen-bond acceptors (Lipinski definition) is 3. The van der Waals surface area contributed by atoms with Crippen LogP contribution in [0.3, 0.4) is 0 Å². The van der Waals surface area contributed by atoms with Crippen molar-refractivity contribution in [1.82, 2.24) is 0 Å². The van der Waals surface area contributed by atoms with Gasteiger partial charge in [0.2, 0.25) is 5.91 Å². The van der Waals surface area contributed by atoms with E-state index in [2.05, 4.69) is 6.92 Å². The molecule has 0 unspecified atom stereocenters. The van der Waals surface area contributed by atoms with Gasteiger partial charge in [-0.05, 0) is 5.75 Å². The number of nitrogens with two attached hydrogens (primary N) is 1. The highest BCUT2D eigenvalue weighted by Gasteiger charge is 2.10. The minimum atomic E-state index is -0.302. The largest absolute Gasteiger partial charge is 0.370 e. The van der Waals surface area contributed by atoms with E-state index in [1.54, 1.807) is 34.8 Å². The molecule has 0 fully saturated rings. The zero-order valence-electron chi connectivity index (χ0n) is 6.38. The Morgan fingerprint density at radius 1 is 1.82 bits per heavy atom. The van der Waals surface area contributed by atoms with E-state index in [0.717, 1.165) is 11.5 Å². The summed E-state index contributed by atoms with van der Waals surface area (Å²) in [6, 6.07) is 0. The molecule has 0 aliphatic heterocycles. The Bertz CT molecular complexity index is 123. The highest BCUT2D eigenvalue weighted by Crippen LogP contribution is 2.10. The van der Waals surface area contributed by atoms with E-state index < -0.39 is 0 Å². The van der Waals surface area contributed by atoms with Gasteiger partial charge >= 0.3 is 0 Å². The first-order valence-corrected chi connectivity index (χ1v) is 5.37. The Kier molecular flexibility index (Phi) is 7.51. The van der Waals surface area contributed by atoms with Gasteiger partial charge in [-0.2, -0.15) is 11.8 Å². The first-order valence-electron chi connectivity index (χ1n) is 3.34. The summed E-state index contributed by atoms with van der Waals surface area (Å²) in [7, 11) is 0. The number of amides is 1. The van der Waals surface area contributed by atoms with Crippen LogP contribution in [-0.4, -0.2) is 23.5 Å².